The van der Waals surface area contributed by atoms with E-state index in [1.165, 1.54) is 6.07 Å². The molecule has 2 aromatic carbocycles. The van der Waals surface area contributed by atoms with E-state index in [0.29, 0.717) is 35.2 Å². The first-order valence-corrected chi connectivity index (χ1v) is 14.5. The largest absolute Gasteiger partial charge is 0.493 e. The minimum Gasteiger partial charge on any atom is -0.493 e. The molecule has 0 atom stereocenters. The van der Waals surface area contributed by atoms with E-state index in [-0.39, 0.29) is 23.1 Å². The summed E-state index contributed by atoms with van der Waals surface area (Å²) in [5.41, 5.74) is 3.43. The Morgan fingerprint density at radius 3 is 2.67 bits per heavy atom. The molecule has 0 radical (unpaired) electrons. The number of methoxy groups -OCH3 is 1. The monoisotopic (exact) mass is 574 g/mol. The lowest BCUT2D eigenvalue weighted by atomic mass is 10.1. The lowest BCUT2D eigenvalue weighted by molar-refractivity contribution is 0.249. The van der Waals surface area contributed by atoms with Gasteiger partial charge in [-0.25, -0.2) is 13.4 Å². The van der Waals surface area contributed by atoms with Gasteiger partial charge in [-0.05, 0) is 75.1 Å². The van der Waals surface area contributed by atoms with Crippen molar-refractivity contribution < 1.29 is 22.6 Å². The van der Waals surface area contributed by atoms with Crippen LogP contribution < -0.4 is 18.9 Å². The second-order valence-corrected chi connectivity index (χ2v) is 11.9. The first-order chi connectivity index (χ1) is 18.6. The second kappa shape index (κ2) is 12.4. The van der Waals surface area contributed by atoms with Gasteiger partial charge in [-0.15, -0.1) is 0 Å². The molecule has 11 heteroatoms. The molecule has 0 spiro atoms. The highest BCUT2D eigenvalue weighted by Gasteiger charge is 2.24. The number of halogens is 1. The Labute approximate surface area is 235 Å². The van der Waals surface area contributed by atoms with Crippen LogP contribution in [0.1, 0.15) is 22.4 Å². The lowest BCUT2D eigenvalue weighted by Crippen LogP contribution is -2.28. The zero-order chi connectivity index (χ0) is 28.2. The minimum atomic E-state index is -3.95. The molecule has 4 rings (SSSR count). The number of ether oxygens (including phenoxy) is 3. The number of likely N-dealkylation sites (N-methyl/N-ethyl adjacent to an activating group) is 2. The van der Waals surface area contributed by atoms with Crippen LogP contribution in [0.3, 0.4) is 0 Å². The third-order valence-corrected chi connectivity index (χ3v) is 8.40. The summed E-state index contributed by atoms with van der Waals surface area (Å²) in [6.45, 7) is 4.62. The molecular formula is C28H35ClN4O5S. The molecule has 210 valence electrons. The molecule has 0 saturated carbocycles. The SMILES string of the molecule is COc1ccc(COc2nc3c(cc2NS(=O)(=O)c2cccc(Cl)c2C)CN(C)CC3)cc1OCCN(C)C. The van der Waals surface area contributed by atoms with Gasteiger partial charge in [0.15, 0.2) is 11.5 Å². The van der Waals surface area contributed by atoms with Crippen molar-refractivity contribution in [2.75, 3.05) is 52.7 Å². The van der Waals surface area contributed by atoms with Crippen molar-refractivity contribution in [3.63, 3.8) is 0 Å². The summed E-state index contributed by atoms with van der Waals surface area (Å²) in [6, 6.07) is 12.2. The van der Waals surface area contributed by atoms with E-state index in [0.717, 1.165) is 36.3 Å². The number of nitrogens with one attached hydrogen (secondary N) is 1. The molecule has 0 fully saturated rings. The van der Waals surface area contributed by atoms with Gasteiger partial charge in [-0.3, -0.25) is 4.72 Å². The summed E-state index contributed by atoms with van der Waals surface area (Å²) in [5.74, 6) is 1.45. The van der Waals surface area contributed by atoms with Gasteiger partial charge in [0.25, 0.3) is 10.0 Å². The van der Waals surface area contributed by atoms with Gasteiger partial charge < -0.3 is 24.0 Å². The lowest BCUT2D eigenvalue weighted by Gasteiger charge is -2.26. The van der Waals surface area contributed by atoms with Gasteiger partial charge >= 0.3 is 0 Å². The van der Waals surface area contributed by atoms with Crippen LogP contribution in [0.4, 0.5) is 5.69 Å². The van der Waals surface area contributed by atoms with Gasteiger partial charge in [-0.1, -0.05) is 23.7 Å². The summed E-state index contributed by atoms with van der Waals surface area (Å²) < 4.78 is 47.0. The highest BCUT2D eigenvalue weighted by Crippen LogP contribution is 2.33. The summed E-state index contributed by atoms with van der Waals surface area (Å²) in [4.78, 5) is 9.04. The highest BCUT2D eigenvalue weighted by molar-refractivity contribution is 7.92. The standard InChI is InChI=1S/C28H35ClN4O5S/c1-19-22(29)7-6-8-27(19)39(34,35)31-24-16-21-17-33(4)12-11-23(21)30-28(24)38-18-20-9-10-25(36-5)26(15-20)37-14-13-32(2)3/h6-10,15-16,31H,11-14,17-18H2,1-5H3. The number of pyridine rings is 1. The van der Waals surface area contributed by atoms with Crippen molar-refractivity contribution >= 4 is 27.3 Å². The van der Waals surface area contributed by atoms with Gasteiger partial charge in [0.2, 0.25) is 5.88 Å². The van der Waals surface area contributed by atoms with Crippen molar-refractivity contribution in [2.24, 2.45) is 0 Å². The Kier molecular flexibility index (Phi) is 9.22. The quantitative estimate of drug-likeness (QED) is 0.361. The van der Waals surface area contributed by atoms with E-state index < -0.39 is 10.0 Å². The number of nitrogens with zero attached hydrogens (tertiary/aromatic N) is 3. The van der Waals surface area contributed by atoms with Gasteiger partial charge in [0.05, 0.1) is 17.7 Å². The number of fused-ring (bicyclic) bond motifs is 1. The van der Waals surface area contributed by atoms with Crippen LogP contribution in [0, 0.1) is 6.92 Å². The van der Waals surface area contributed by atoms with Crippen LogP contribution in [0.5, 0.6) is 17.4 Å². The van der Waals surface area contributed by atoms with Gasteiger partial charge in [0.1, 0.15) is 18.9 Å². The van der Waals surface area contributed by atoms with Crippen molar-refractivity contribution in [3.05, 3.63) is 69.9 Å². The molecule has 0 unspecified atom stereocenters. The van der Waals surface area contributed by atoms with Crippen molar-refractivity contribution in [2.45, 2.75) is 31.4 Å². The third-order valence-electron chi connectivity index (χ3n) is 6.48. The maximum atomic E-state index is 13.4. The first-order valence-electron chi connectivity index (χ1n) is 12.6. The fourth-order valence-corrected chi connectivity index (χ4v) is 5.82. The van der Waals surface area contributed by atoms with Crippen molar-refractivity contribution in [3.8, 4) is 17.4 Å². The number of hydrogen-bond donors (Lipinski definition) is 1. The van der Waals surface area contributed by atoms with E-state index in [1.54, 1.807) is 26.2 Å². The zero-order valence-electron chi connectivity index (χ0n) is 23.0. The Bertz CT molecular complexity index is 1430. The molecule has 0 saturated heterocycles. The maximum absolute atomic E-state index is 13.4. The van der Waals surface area contributed by atoms with E-state index >= 15 is 0 Å². The average Bonchev–Trinajstić information content (AvgIpc) is 2.88. The molecule has 1 aliphatic rings. The van der Waals surface area contributed by atoms with E-state index in [9.17, 15) is 8.42 Å². The highest BCUT2D eigenvalue weighted by atomic mass is 35.5. The fourth-order valence-electron chi connectivity index (χ4n) is 4.27. The summed E-state index contributed by atoms with van der Waals surface area (Å²) >= 11 is 6.21. The normalized spacial score (nSPS) is 13.7. The number of aromatic nitrogens is 1. The molecule has 1 aromatic heterocycles. The Morgan fingerprint density at radius 2 is 1.92 bits per heavy atom. The van der Waals surface area contributed by atoms with Crippen LogP contribution in [0.15, 0.2) is 47.4 Å². The average molecular weight is 575 g/mol. The van der Waals surface area contributed by atoms with Crippen LogP contribution >= 0.6 is 11.6 Å². The second-order valence-electron chi connectivity index (χ2n) is 9.83. The fraction of sp³-hybridized carbons (Fsp3) is 0.393. The predicted molar refractivity (Wildman–Crippen MR) is 153 cm³/mol. The number of rotatable bonds is 11. The summed E-state index contributed by atoms with van der Waals surface area (Å²) in [5, 5.41) is 0.377. The van der Waals surface area contributed by atoms with Crippen LogP contribution in [0.25, 0.3) is 0 Å². The van der Waals surface area contributed by atoms with Crippen LogP contribution in [-0.2, 0) is 29.6 Å². The first kappa shape index (κ1) is 28.9. The van der Waals surface area contributed by atoms with E-state index in [2.05, 4.69) is 9.62 Å². The van der Waals surface area contributed by atoms with Crippen LogP contribution in [-0.4, -0.2) is 71.2 Å². The van der Waals surface area contributed by atoms with Crippen molar-refractivity contribution in [1.82, 2.24) is 14.8 Å². The Morgan fingerprint density at radius 1 is 1.13 bits per heavy atom. The molecule has 2 heterocycles. The topological polar surface area (TPSA) is 93.2 Å². The number of sulfonamides is 1. The molecule has 0 aliphatic carbocycles. The molecule has 0 bridgehead atoms. The van der Waals surface area contributed by atoms with E-state index in [4.69, 9.17) is 30.8 Å². The van der Waals surface area contributed by atoms with Gasteiger partial charge in [0, 0.05) is 31.1 Å². The number of benzene rings is 2. The molecule has 3 aromatic rings. The summed E-state index contributed by atoms with van der Waals surface area (Å²) in [7, 11) is 3.62. The number of anilines is 1. The molecule has 1 aliphatic heterocycles. The maximum Gasteiger partial charge on any atom is 0.262 e. The minimum absolute atomic E-state index is 0.102. The van der Waals surface area contributed by atoms with Gasteiger partial charge in [-0.2, -0.15) is 0 Å². The van der Waals surface area contributed by atoms with E-state index in [1.807, 2.05) is 50.3 Å². The Hall–Kier alpha value is -3.05. The zero-order valence-corrected chi connectivity index (χ0v) is 24.5. The molecular weight excluding hydrogens is 540 g/mol. The molecule has 1 N–H and O–H groups in total. The predicted octanol–water partition coefficient (Wildman–Crippen LogP) is 4.36. The van der Waals surface area contributed by atoms with Crippen LogP contribution in [0.2, 0.25) is 5.02 Å². The molecule has 39 heavy (non-hydrogen) atoms. The molecule has 9 nitrogen and oxygen atoms in total. The smallest absolute Gasteiger partial charge is 0.262 e. The van der Waals surface area contributed by atoms with Crippen molar-refractivity contribution in [1.29, 1.82) is 0 Å². The third kappa shape index (κ3) is 7.13. The number of hydrogen-bond acceptors (Lipinski definition) is 8. The Balaban J connectivity index is 1.62. The molecule has 0 amide bonds. The summed E-state index contributed by atoms with van der Waals surface area (Å²) in [6.07, 6.45) is 0.745.